The first-order valence-electron chi connectivity index (χ1n) is 7.49. The van der Waals surface area contributed by atoms with Crippen molar-refractivity contribution in [2.75, 3.05) is 44.4 Å². The van der Waals surface area contributed by atoms with Gasteiger partial charge in [-0.25, -0.2) is 9.97 Å². The van der Waals surface area contributed by atoms with Crippen LogP contribution < -0.4 is 10.2 Å². The molecule has 1 atom stereocenters. The average Bonchev–Trinajstić information content (AvgIpc) is 2.46. The summed E-state index contributed by atoms with van der Waals surface area (Å²) in [6, 6.07) is 2.67. The molecule has 0 saturated carbocycles. The first-order valence-corrected chi connectivity index (χ1v) is 7.49. The van der Waals surface area contributed by atoms with Gasteiger partial charge < -0.3 is 15.1 Å². The summed E-state index contributed by atoms with van der Waals surface area (Å²) < 4.78 is 0. The first kappa shape index (κ1) is 15.0. The van der Waals surface area contributed by atoms with Crippen molar-refractivity contribution < 1.29 is 0 Å². The maximum atomic E-state index is 4.75. The zero-order valence-corrected chi connectivity index (χ0v) is 13.3. The van der Waals surface area contributed by atoms with Crippen LogP contribution in [-0.4, -0.2) is 55.1 Å². The van der Waals surface area contributed by atoms with E-state index in [0.717, 1.165) is 30.5 Å². The summed E-state index contributed by atoms with van der Waals surface area (Å²) in [5, 5.41) is 3.15. The molecule has 0 aliphatic carbocycles. The van der Waals surface area contributed by atoms with Gasteiger partial charge in [0.25, 0.3) is 0 Å². The summed E-state index contributed by atoms with van der Waals surface area (Å²) in [5.74, 6) is 3.22. The van der Waals surface area contributed by atoms with Gasteiger partial charge in [-0.15, -0.1) is 0 Å². The summed E-state index contributed by atoms with van der Waals surface area (Å²) >= 11 is 0. The van der Waals surface area contributed by atoms with E-state index in [-0.39, 0.29) is 0 Å². The van der Waals surface area contributed by atoms with E-state index >= 15 is 0 Å². The lowest BCUT2D eigenvalue weighted by Crippen LogP contribution is -2.45. The van der Waals surface area contributed by atoms with Crippen molar-refractivity contribution in [2.45, 2.75) is 38.6 Å². The van der Waals surface area contributed by atoms with Gasteiger partial charge in [0.1, 0.15) is 17.5 Å². The molecule has 112 valence electrons. The zero-order valence-electron chi connectivity index (χ0n) is 13.3. The van der Waals surface area contributed by atoms with Crippen LogP contribution in [0.3, 0.4) is 0 Å². The molecule has 1 aromatic rings. The number of rotatable bonds is 4. The number of nitrogens with one attached hydrogen (secondary N) is 1. The highest BCUT2D eigenvalue weighted by atomic mass is 15.3. The van der Waals surface area contributed by atoms with Crippen molar-refractivity contribution in [2.24, 2.45) is 0 Å². The molecule has 2 rings (SSSR count). The monoisotopic (exact) mass is 277 g/mol. The molecular weight excluding hydrogens is 250 g/mol. The Morgan fingerprint density at radius 1 is 1.35 bits per heavy atom. The lowest BCUT2D eigenvalue weighted by Gasteiger charge is -2.37. The fourth-order valence-corrected chi connectivity index (χ4v) is 2.59. The highest BCUT2D eigenvalue weighted by Gasteiger charge is 2.23. The number of piperidine rings is 1. The number of likely N-dealkylation sites (N-methyl/N-ethyl adjacent to an activating group) is 1. The van der Waals surface area contributed by atoms with Crippen LogP contribution in [0, 0.1) is 0 Å². The predicted octanol–water partition coefficient (Wildman–Crippen LogP) is 2.17. The topological polar surface area (TPSA) is 44.3 Å². The van der Waals surface area contributed by atoms with Gasteiger partial charge in [0.15, 0.2) is 0 Å². The van der Waals surface area contributed by atoms with Crippen molar-refractivity contribution in [1.82, 2.24) is 14.9 Å². The normalized spacial score (nSPS) is 19.8. The molecule has 1 unspecified atom stereocenters. The fraction of sp³-hybridized carbons (Fsp3) is 0.733. The Balaban J connectivity index is 2.24. The Hall–Kier alpha value is -1.36. The van der Waals surface area contributed by atoms with Crippen LogP contribution >= 0.6 is 0 Å². The van der Waals surface area contributed by atoms with Crippen molar-refractivity contribution in [1.29, 1.82) is 0 Å². The molecule has 1 fully saturated rings. The Morgan fingerprint density at radius 2 is 2.10 bits per heavy atom. The Morgan fingerprint density at radius 3 is 2.70 bits per heavy atom. The van der Waals surface area contributed by atoms with Crippen LogP contribution in [0.2, 0.25) is 0 Å². The lowest BCUT2D eigenvalue weighted by atomic mass is 10.0. The average molecular weight is 277 g/mol. The van der Waals surface area contributed by atoms with E-state index < -0.39 is 0 Å². The number of anilines is 2. The SMILES string of the molecule is CNc1cc(N2CCCC(N(C)C)C2)nc(C(C)C)n1. The van der Waals surface area contributed by atoms with Crippen LogP contribution in [-0.2, 0) is 0 Å². The van der Waals surface area contributed by atoms with Crippen molar-refractivity contribution in [3.63, 3.8) is 0 Å². The zero-order chi connectivity index (χ0) is 14.7. The molecule has 0 aromatic carbocycles. The van der Waals surface area contributed by atoms with Gasteiger partial charge in [0.2, 0.25) is 0 Å². The van der Waals surface area contributed by atoms with E-state index in [4.69, 9.17) is 4.98 Å². The number of nitrogens with zero attached hydrogens (tertiary/aromatic N) is 4. The Kier molecular flexibility index (Phi) is 4.81. The van der Waals surface area contributed by atoms with Crippen LogP contribution in [0.5, 0.6) is 0 Å². The third-order valence-corrected chi connectivity index (χ3v) is 3.95. The summed E-state index contributed by atoms with van der Waals surface area (Å²) in [6.07, 6.45) is 2.49. The molecule has 0 radical (unpaired) electrons. The largest absolute Gasteiger partial charge is 0.373 e. The molecule has 0 amide bonds. The van der Waals surface area contributed by atoms with Crippen molar-refractivity contribution in [3.05, 3.63) is 11.9 Å². The minimum absolute atomic E-state index is 0.344. The summed E-state index contributed by atoms with van der Waals surface area (Å²) in [7, 11) is 6.23. The third-order valence-electron chi connectivity index (χ3n) is 3.95. The molecule has 1 aromatic heterocycles. The summed E-state index contributed by atoms with van der Waals surface area (Å²) in [4.78, 5) is 14.0. The minimum atomic E-state index is 0.344. The second-order valence-corrected chi connectivity index (χ2v) is 6.08. The van der Waals surface area contributed by atoms with Gasteiger partial charge in [-0.2, -0.15) is 0 Å². The van der Waals surface area contributed by atoms with E-state index in [1.54, 1.807) is 0 Å². The number of hydrogen-bond acceptors (Lipinski definition) is 5. The molecule has 0 bridgehead atoms. The van der Waals surface area contributed by atoms with Crippen molar-refractivity contribution in [3.8, 4) is 0 Å². The number of aromatic nitrogens is 2. The highest BCUT2D eigenvalue weighted by Crippen LogP contribution is 2.23. The van der Waals surface area contributed by atoms with Gasteiger partial charge in [0, 0.05) is 38.2 Å². The first-order chi connectivity index (χ1) is 9.51. The quantitative estimate of drug-likeness (QED) is 0.914. The Bertz CT molecular complexity index is 444. The van der Waals surface area contributed by atoms with Gasteiger partial charge in [-0.1, -0.05) is 13.8 Å². The second-order valence-electron chi connectivity index (χ2n) is 6.08. The molecular formula is C15H27N5. The Labute approximate surface area is 122 Å². The molecule has 0 spiro atoms. The molecule has 1 aliphatic heterocycles. The molecule has 20 heavy (non-hydrogen) atoms. The van der Waals surface area contributed by atoms with Crippen molar-refractivity contribution >= 4 is 11.6 Å². The molecule has 1 aliphatic rings. The van der Waals surface area contributed by atoms with E-state index in [0.29, 0.717) is 12.0 Å². The highest BCUT2D eigenvalue weighted by molar-refractivity contribution is 5.49. The van der Waals surface area contributed by atoms with Crippen LogP contribution in [0.15, 0.2) is 6.07 Å². The standard InChI is InChI=1S/C15H27N5/c1-11(2)15-17-13(16-3)9-14(18-15)20-8-6-7-12(10-20)19(4)5/h9,11-12H,6-8,10H2,1-5H3,(H,16,17,18). The maximum Gasteiger partial charge on any atom is 0.135 e. The molecule has 1 saturated heterocycles. The second kappa shape index (κ2) is 6.39. The van der Waals surface area contributed by atoms with Crippen LogP contribution in [0.25, 0.3) is 0 Å². The van der Waals surface area contributed by atoms with Gasteiger partial charge >= 0.3 is 0 Å². The molecule has 1 N–H and O–H groups in total. The maximum absolute atomic E-state index is 4.75. The van der Waals surface area contributed by atoms with Crippen LogP contribution in [0.4, 0.5) is 11.6 Å². The van der Waals surface area contributed by atoms with Gasteiger partial charge in [-0.3, -0.25) is 0 Å². The van der Waals surface area contributed by atoms with E-state index in [1.165, 1.54) is 12.8 Å². The lowest BCUT2D eigenvalue weighted by molar-refractivity contribution is 0.257. The molecule has 5 nitrogen and oxygen atoms in total. The van der Waals surface area contributed by atoms with Gasteiger partial charge in [-0.05, 0) is 26.9 Å². The minimum Gasteiger partial charge on any atom is -0.373 e. The van der Waals surface area contributed by atoms with E-state index in [9.17, 15) is 0 Å². The summed E-state index contributed by atoms with van der Waals surface area (Å²) in [6.45, 7) is 6.40. The molecule has 2 heterocycles. The van der Waals surface area contributed by atoms with Gasteiger partial charge in [0.05, 0.1) is 0 Å². The molecule has 5 heteroatoms. The smallest absolute Gasteiger partial charge is 0.135 e. The van der Waals surface area contributed by atoms with Crippen LogP contribution in [0.1, 0.15) is 38.4 Å². The third kappa shape index (κ3) is 3.39. The predicted molar refractivity (Wildman–Crippen MR) is 84.6 cm³/mol. The fourth-order valence-electron chi connectivity index (χ4n) is 2.59. The summed E-state index contributed by atoms with van der Waals surface area (Å²) in [5.41, 5.74) is 0. The number of hydrogen-bond donors (Lipinski definition) is 1. The van der Waals surface area contributed by atoms with E-state index in [1.807, 2.05) is 7.05 Å². The van der Waals surface area contributed by atoms with E-state index in [2.05, 4.69) is 54.1 Å².